The van der Waals surface area contributed by atoms with Gasteiger partial charge in [0.25, 0.3) is 0 Å². The van der Waals surface area contributed by atoms with Gasteiger partial charge in [0.2, 0.25) is 0 Å². The van der Waals surface area contributed by atoms with E-state index in [1.165, 1.54) is 0 Å². The van der Waals surface area contributed by atoms with Crippen molar-refractivity contribution in [3.8, 4) is 11.8 Å². The molecule has 0 aliphatic carbocycles. The fourth-order valence-electron chi connectivity index (χ4n) is 0.889. The molecular weight excluding hydrogens is 150 g/mol. The number of rotatable bonds is 1. The van der Waals surface area contributed by atoms with Gasteiger partial charge in [0.1, 0.15) is 0 Å². The Morgan fingerprint density at radius 1 is 1.50 bits per heavy atom. The monoisotopic (exact) mass is 159 g/mol. The molecule has 0 aromatic heterocycles. The zero-order valence-corrected chi connectivity index (χ0v) is 6.58. The fourth-order valence-corrected chi connectivity index (χ4v) is 0.889. The minimum Gasteiger partial charge on any atom is -0.326 e. The molecule has 0 aliphatic rings. The van der Waals surface area contributed by atoms with E-state index >= 15 is 0 Å². The SMILES string of the molecule is NCc1cccc(C#CC=O)c1. The summed E-state index contributed by atoms with van der Waals surface area (Å²) < 4.78 is 0. The van der Waals surface area contributed by atoms with Gasteiger partial charge in [-0.2, -0.15) is 0 Å². The molecule has 1 rings (SSSR count). The Hall–Kier alpha value is -1.59. The summed E-state index contributed by atoms with van der Waals surface area (Å²) in [5.41, 5.74) is 7.27. The molecule has 0 amide bonds. The van der Waals surface area contributed by atoms with Gasteiger partial charge < -0.3 is 5.73 Å². The van der Waals surface area contributed by atoms with Crippen molar-refractivity contribution in [1.29, 1.82) is 0 Å². The smallest absolute Gasteiger partial charge is 0.193 e. The van der Waals surface area contributed by atoms with Crippen molar-refractivity contribution < 1.29 is 4.79 Å². The molecule has 0 saturated heterocycles. The largest absolute Gasteiger partial charge is 0.326 e. The molecule has 0 aliphatic heterocycles. The molecule has 0 fully saturated rings. The zero-order chi connectivity index (χ0) is 8.81. The predicted octanol–water partition coefficient (Wildman–Crippen LogP) is 0.696. The van der Waals surface area contributed by atoms with E-state index in [0.717, 1.165) is 11.1 Å². The Bertz CT molecular complexity index is 333. The van der Waals surface area contributed by atoms with Crippen molar-refractivity contribution in [3.63, 3.8) is 0 Å². The van der Waals surface area contributed by atoms with E-state index < -0.39 is 0 Å². The van der Waals surface area contributed by atoms with E-state index in [1.54, 1.807) is 0 Å². The first-order chi connectivity index (χ1) is 5.86. The maximum atomic E-state index is 9.93. The van der Waals surface area contributed by atoms with Crippen LogP contribution >= 0.6 is 0 Å². The average molecular weight is 159 g/mol. The molecule has 2 heteroatoms. The summed E-state index contributed by atoms with van der Waals surface area (Å²) in [4.78, 5) is 9.93. The second-order valence-electron chi connectivity index (χ2n) is 2.29. The Morgan fingerprint density at radius 2 is 2.33 bits per heavy atom. The highest BCUT2D eigenvalue weighted by atomic mass is 16.1. The van der Waals surface area contributed by atoms with Crippen LogP contribution in [0.25, 0.3) is 0 Å². The van der Waals surface area contributed by atoms with Gasteiger partial charge in [-0.25, -0.2) is 0 Å². The van der Waals surface area contributed by atoms with Crippen LogP contribution in [0, 0.1) is 11.8 Å². The molecule has 60 valence electrons. The normalized spacial score (nSPS) is 8.42. The topological polar surface area (TPSA) is 43.1 Å². The van der Waals surface area contributed by atoms with Crippen molar-refractivity contribution in [2.75, 3.05) is 0 Å². The fraction of sp³-hybridized carbons (Fsp3) is 0.100. The quantitative estimate of drug-likeness (QED) is 0.484. The van der Waals surface area contributed by atoms with Crippen molar-refractivity contribution in [1.82, 2.24) is 0 Å². The van der Waals surface area contributed by atoms with Crippen molar-refractivity contribution in [2.45, 2.75) is 6.54 Å². The summed E-state index contributed by atoms with van der Waals surface area (Å²) in [5.74, 6) is 5.04. The molecule has 0 radical (unpaired) electrons. The molecule has 1 aromatic carbocycles. The van der Waals surface area contributed by atoms with Gasteiger partial charge >= 0.3 is 0 Å². The Kier molecular flexibility index (Phi) is 3.06. The zero-order valence-electron chi connectivity index (χ0n) is 6.58. The summed E-state index contributed by atoms with van der Waals surface area (Å²) in [6.45, 7) is 0.497. The highest BCUT2D eigenvalue weighted by Gasteiger charge is 1.89. The van der Waals surface area contributed by atoms with Crippen LogP contribution in [0.15, 0.2) is 24.3 Å². The van der Waals surface area contributed by atoms with E-state index in [-0.39, 0.29) is 0 Å². The molecule has 0 unspecified atom stereocenters. The van der Waals surface area contributed by atoms with Gasteiger partial charge in [-0.3, -0.25) is 4.79 Å². The first-order valence-corrected chi connectivity index (χ1v) is 3.61. The summed E-state index contributed by atoms with van der Waals surface area (Å²) in [6.07, 6.45) is 0.578. The van der Waals surface area contributed by atoms with Crippen LogP contribution in [-0.2, 0) is 11.3 Å². The molecular formula is C10H9NO. The summed E-state index contributed by atoms with van der Waals surface area (Å²) in [6, 6.07) is 7.51. The Balaban J connectivity index is 2.93. The second kappa shape index (κ2) is 4.32. The summed E-state index contributed by atoms with van der Waals surface area (Å²) in [5, 5.41) is 0. The highest BCUT2D eigenvalue weighted by Crippen LogP contribution is 2.02. The van der Waals surface area contributed by atoms with Crippen LogP contribution in [-0.4, -0.2) is 6.29 Å². The first-order valence-electron chi connectivity index (χ1n) is 3.61. The lowest BCUT2D eigenvalue weighted by atomic mass is 10.1. The minimum atomic E-state index is 0.497. The molecule has 1 aromatic rings. The molecule has 0 saturated carbocycles. The maximum Gasteiger partial charge on any atom is 0.193 e. The van der Waals surface area contributed by atoms with Gasteiger partial charge in [0.05, 0.1) is 0 Å². The molecule has 0 bridgehead atoms. The molecule has 0 atom stereocenters. The van der Waals surface area contributed by atoms with E-state index in [0.29, 0.717) is 12.8 Å². The minimum absolute atomic E-state index is 0.497. The van der Waals surface area contributed by atoms with E-state index in [4.69, 9.17) is 5.73 Å². The standard InChI is InChI=1S/C10H9NO/c11-8-10-4-1-3-9(7-10)5-2-6-12/h1,3-4,6-7H,8,11H2. The lowest BCUT2D eigenvalue weighted by Crippen LogP contribution is -1.95. The van der Waals surface area contributed by atoms with Crippen LogP contribution in [0.3, 0.4) is 0 Å². The number of carbonyl (C=O) groups is 1. The summed E-state index contributed by atoms with van der Waals surface area (Å²) >= 11 is 0. The maximum absolute atomic E-state index is 9.93. The van der Waals surface area contributed by atoms with Gasteiger partial charge in [-0.15, -0.1) is 0 Å². The van der Waals surface area contributed by atoms with Crippen molar-refractivity contribution >= 4 is 6.29 Å². The van der Waals surface area contributed by atoms with E-state index in [2.05, 4.69) is 11.8 Å². The Morgan fingerprint density at radius 3 is 3.00 bits per heavy atom. The molecule has 0 spiro atoms. The van der Waals surface area contributed by atoms with Crippen LogP contribution in [0.1, 0.15) is 11.1 Å². The number of nitrogens with two attached hydrogens (primary N) is 1. The molecule has 2 N–H and O–H groups in total. The van der Waals surface area contributed by atoms with Crippen LogP contribution in [0.5, 0.6) is 0 Å². The highest BCUT2D eigenvalue weighted by molar-refractivity contribution is 5.73. The number of aldehydes is 1. The van der Waals surface area contributed by atoms with E-state index in [1.807, 2.05) is 24.3 Å². The van der Waals surface area contributed by atoms with Crippen LogP contribution < -0.4 is 5.73 Å². The van der Waals surface area contributed by atoms with Crippen LogP contribution in [0.2, 0.25) is 0 Å². The van der Waals surface area contributed by atoms with Crippen molar-refractivity contribution in [3.05, 3.63) is 35.4 Å². The third-order valence-electron chi connectivity index (χ3n) is 1.44. The number of benzene rings is 1. The number of hydrogen-bond acceptors (Lipinski definition) is 2. The average Bonchev–Trinajstić information content (AvgIpc) is 2.15. The van der Waals surface area contributed by atoms with Gasteiger partial charge in [0.15, 0.2) is 6.29 Å². The van der Waals surface area contributed by atoms with Crippen molar-refractivity contribution in [2.24, 2.45) is 5.73 Å². The lowest BCUT2D eigenvalue weighted by molar-refractivity contribution is -0.103. The van der Waals surface area contributed by atoms with Crippen LogP contribution in [0.4, 0.5) is 0 Å². The predicted molar refractivity (Wildman–Crippen MR) is 47.3 cm³/mol. The molecule has 2 nitrogen and oxygen atoms in total. The van der Waals surface area contributed by atoms with Gasteiger partial charge in [-0.05, 0) is 23.6 Å². The second-order valence-corrected chi connectivity index (χ2v) is 2.29. The third kappa shape index (κ3) is 2.22. The summed E-state index contributed by atoms with van der Waals surface area (Å²) in [7, 11) is 0. The first kappa shape index (κ1) is 8.51. The third-order valence-corrected chi connectivity index (χ3v) is 1.44. The Labute approximate surface area is 71.4 Å². The van der Waals surface area contributed by atoms with Gasteiger partial charge in [0, 0.05) is 12.1 Å². The van der Waals surface area contributed by atoms with Gasteiger partial charge in [-0.1, -0.05) is 18.1 Å². The lowest BCUT2D eigenvalue weighted by Gasteiger charge is -1.95. The number of carbonyl (C=O) groups excluding carboxylic acids is 1. The molecule has 0 heterocycles. The number of hydrogen-bond donors (Lipinski definition) is 1. The van der Waals surface area contributed by atoms with E-state index in [9.17, 15) is 4.79 Å². The molecule has 12 heavy (non-hydrogen) atoms.